The number of hydrogen-bond donors (Lipinski definition) is 2. The quantitative estimate of drug-likeness (QED) is 0.542. The molecule has 0 aromatic heterocycles. The molecule has 0 unspecified atom stereocenters. The van der Waals surface area contributed by atoms with Crippen molar-refractivity contribution in [3.8, 4) is 0 Å². The van der Waals surface area contributed by atoms with Crippen molar-refractivity contribution in [2.75, 3.05) is 32.4 Å². The lowest BCUT2D eigenvalue weighted by molar-refractivity contribution is -0.121. The van der Waals surface area contributed by atoms with Crippen LogP contribution in [0, 0.1) is 11.6 Å². The van der Waals surface area contributed by atoms with E-state index in [4.69, 9.17) is 0 Å². The fourth-order valence-electron chi connectivity index (χ4n) is 2.35. The third-order valence-corrected chi connectivity index (χ3v) is 5.15. The summed E-state index contributed by atoms with van der Waals surface area (Å²) in [5.41, 5.74) is -0.257. The van der Waals surface area contributed by atoms with Crippen LogP contribution >= 0.6 is 0 Å². The lowest BCUT2D eigenvalue weighted by atomic mass is 10.2. The fraction of sp³-hybridized carbons (Fsp3) is 0.529. The fourth-order valence-corrected chi connectivity index (χ4v) is 3.28. The third kappa shape index (κ3) is 8.44. The summed E-state index contributed by atoms with van der Waals surface area (Å²) in [7, 11) is -3.24. The van der Waals surface area contributed by atoms with Crippen LogP contribution in [-0.4, -0.2) is 57.0 Å². The summed E-state index contributed by atoms with van der Waals surface area (Å²) in [6.45, 7) is 2.96. The van der Waals surface area contributed by atoms with Gasteiger partial charge < -0.3 is 10.6 Å². The molecule has 1 aromatic rings. The summed E-state index contributed by atoms with van der Waals surface area (Å²) in [5.74, 6) is -2.60. The number of carbonyl (C=O) groups is 2. The maximum atomic E-state index is 13.5. The molecule has 0 bridgehead atoms. The van der Waals surface area contributed by atoms with Crippen molar-refractivity contribution in [2.24, 2.45) is 0 Å². The number of hydrogen-bond acceptors (Lipinski definition) is 4. The van der Waals surface area contributed by atoms with E-state index < -0.39 is 27.6 Å². The number of amides is 2. The van der Waals surface area contributed by atoms with Gasteiger partial charge in [0.15, 0.2) is 0 Å². The predicted molar refractivity (Wildman–Crippen MR) is 97.6 cm³/mol. The zero-order chi connectivity index (χ0) is 20.4. The van der Waals surface area contributed by atoms with E-state index >= 15 is 0 Å². The minimum atomic E-state index is -3.24. The Bertz CT molecular complexity index is 757. The SMILES string of the molecule is CCN(CCCNC(=O)CCCNC(=O)c1ccc(F)cc1F)S(C)(=O)=O. The molecule has 10 heteroatoms. The first-order valence-corrected chi connectivity index (χ1v) is 10.4. The Balaban J connectivity index is 2.21. The highest BCUT2D eigenvalue weighted by molar-refractivity contribution is 7.88. The average Bonchev–Trinajstić information content (AvgIpc) is 2.57. The highest BCUT2D eigenvalue weighted by Gasteiger charge is 2.14. The van der Waals surface area contributed by atoms with E-state index in [1.54, 1.807) is 6.92 Å². The standard InChI is InChI=1S/C17H25F2N3O4S/c1-3-22(27(2,25)26)11-5-10-20-16(23)6-4-9-21-17(24)14-8-7-13(18)12-15(14)19/h7-8,12H,3-6,9-11H2,1-2H3,(H,20,23)(H,21,24). The van der Waals surface area contributed by atoms with Gasteiger partial charge in [-0.15, -0.1) is 0 Å². The molecule has 0 spiro atoms. The molecule has 27 heavy (non-hydrogen) atoms. The number of nitrogens with one attached hydrogen (secondary N) is 2. The Kier molecular flexibility index (Phi) is 9.30. The van der Waals surface area contributed by atoms with Gasteiger partial charge in [-0.3, -0.25) is 9.59 Å². The summed E-state index contributed by atoms with van der Waals surface area (Å²) in [5, 5.41) is 5.14. The van der Waals surface area contributed by atoms with Crippen LogP contribution in [0.4, 0.5) is 8.78 Å². The van der Waals surface area contributed by atoms with Gasteiger partial charge in [-0.2, -0.15) is 0 Å². The normalized spacial score (nSPS) is 11.4. The van der Waals surface area contributed by atoms with Crippen LogP contribution < -0.4 is 10.6 Å². The molecule has 0 aliphatic rings. The summed E-state index contributed by atoms with van der Waals surface area (Å²) in [6.07, 6.45) is 2.15. The molecule has 7 nitrogen and oxygen atoms in total. The van der Waals surface area contributed by atoms with Gasteiger partial charge in [0.25, 0.3) is 5.91 Å². The van der Waals surface area contributed by atoms with Crippen LogP contribution in [0.3, 0.4) is 0 Å². The van der Waals surface area contributed by atoms with Crippen molar-refractivity contribution in [2.45, 2.75) is 26.2 Å². The van der Waals surface area contributed by atoms with Gasteiger partial charge in [-0.1, -0.05) is 6.92 Å². The van der Waals surface area contributed by atoms with Crippen LogP contribution in [0.15, 0.2) is 18.2 Å². The first kappa shape index (κ1) is 23.0. The highest BCUT2D eigenvalue weighted by atomic mass is 32.2. The molecule has 0 radical (unpaired) electrons. The first-order chi connectivity index (χ1) is 12.6. The maximum Gasteiger partial charge on any atom is 0.254 e. The van der Waals surface area contributed by atoms with Crippen LogP contribution in [0.5, 0.6) is 0 Å². The third-order valence-electron chi connectivity index (χ3n) is 3.77. The number of benzene rings is 1. The second-order valence-corrected chi connectivity index (χ2v) is 7.92. The minimum absolute atomic E-state index is 0.162. The smallest absolute Gasteiger partial charge is 0.254 e. The van der Waals surface area contributed by atoms with E-state index in [9.17, 15) is 26.8 Å². The Labute approximate surface area is 158 Å². The van der Waals surface area contributed by atoms with Crippen molar-refractivity contribution in [3.63, 3.8) is 0 Å². The number of rotatable bonds is 11. The van der Waals surface area contributed by atoms with Gasteiger partial charge in [0.1, 0.15) is 11.6 Å². The molecule has 0 aliphatic heterocycles. The molecular formula is C17H25F2N3O4S. The van der Waals surface area contributed by atoms with E-state index in [0.717, 1.165) is 18.4 Å². The molecule has 0 heterocycles. The minimum Gasteiger partial charge on any atom is -0.356 e. The van der Waals surface area contributed by atoms with Gasteiger partial charge in [0.2, 0.25) is 15.9 Å². The highest BCUT2D eigenvalue weighted by Crippen LogP contribution is 2.09. The molecule has 0 atom stereocenters. The molecule has 1 rings (SSSR count). The Morgan fingerprint density at radius 1 is 1.11 bits per heavy atom. The molecule has 0 aliphatic carbocycles. The molecule has 0 saturated carbocycles. The predicted octanol–water partition coefficient (Wildman–Crippen LogP) is 1.26. The van der Waals surface area contributed by atoms with Gasteiger partial charge in [-0.25, -0.2) is 21.5 Å². The van der Waals surface area contributed by atoms with Crippen LogP contribution in [0.25, 0.3) is 0 Å². The average molecular weight is 405 g/mol. The van der Waals surface area contributed by atoms with Gasteiger partial charge in [0.05, 0.1) is 11.8 Å². The monoisotopic (exact) mass is 405 g/mol. The van der Waals surface area contributed by atoms with Gasteiger partial charge >= 0.3 is 0 Å². The van der Waals surface area contributed by atoms with E-state index in [2.05, 4.69) is 10.6 Å². The molecule has 152 valence electrons. The topological polar surface area (TPSA) is 95.6 Å². The van der Waals surface area contributed by atoms with Crippen LogP contribution in [-0.2, 0) is 14.8 Å². The van der Waals surface area contributed by atoms with Crippen molar-refractivity contribution in [1.29, 1.82) is 0 Å². The van der Waals surface area contributed by atoms with E-state index in [-0.39, 0.29) is 24.4 Å². The molecular weight excluding hydrogens is 380 g/mol. The molecule has 1 aromatic carbocycles. The second-order valence-electron chi connectivity index (χ2n) is 5.94. The zero-order valence-electron chi connectivity index (χ0n) is 15.4. The summed E-state index contributed by atoms with van der Waals surface area (Å²) >= 11 is 0. The lowest BCUT2D eigenvalue weighted by Gasteiger charge is -2.17. The molecule has 0 fully saturated rings. The Hall–Kier alpha value is -2.07. The Morgan fingerprint density at radius 3 is 2.37 bits per heavy atom. The lowest BCUT2D eigenvalue weighted by Crippen LogP contribution is -2.33. The first-order valence-electron chi connectivity index (χ1n) is 8.60. The number of halogens is 2. The largest absolute Gasteiger partial charge is 0.356 e. The molecule has 2 amide bonds. The van der Waals surface area contributed by atoms with Crippen LogP contribution in [0.2, 0.25) is 0 Å². The maximum absolute atomic E-state index is 13.5. The van der Waals surface area contributed by atoms with E-state index in [0.29, 0.717) is 38.5 Å². The summed E-state index contributed by atoms with van der Waals surface area (Å²) in [6, 6.07) is 2.68. The number of carbonyl (C=O) groups excluding carboxylic acids is 2. The summed E-state index contributed by atoms with van der Waals surface area (Å²) < 4.78 is 50.4. The van der Waals surface area contributed by atoms with Crippen LogP contribution in [0.1, 0.15) is 36.5 Å². The number of sulfonamides is 1. The second kappa shape index (κ2) is 10.9. The van der Waals surface area contributed by atoms with Crippen molar-refractivity contribution >= 4 is 21.8 Å². The van der Waals surface area contributed by atoms with E-state index in [1.165, 1.54) is 4.31 Å². The van der Waals surface area contributed by atoms with Crippen molar-refractivity contribution < 1.29 is 26.8 Å². The van der Waals surface area contributed by atoms with Crippen molar-refractivity contribution in [3.05, 3.63) is 35.4 Å². The summed E-state index contributed by atoms with van der Waals surface area (Å²) in [4.78, 5) is 23.5. The van der Waals surface area contributed by atoms with E-state index in [1.807, 2.05) is 0 Å². The zero-order valence-corrected chi connectivity index (χ0v) is 16.2. The molecule has 2 N–H and O–H groups in total. The molecule has 0 saturated heterocycles. The Morgan fingerprint density at radius 2 is 1.78 bits per heavy atom. The number of nitrogens with zero attached hydrogens (tertiary/aromatic N) is 1. The van der Waals surface area contributed by atoms with Gasteiger partial charge in [-0.05, 0) is 25.0 Å². The van der Waals surface area contributed by atoms with Crippen molar-refractivity contribution in [1.82, 2.24) is 14.9 Å². The van der Waals surface area contributed by atoms with Gasteiger partial charge in [0, 0.05) is 38.7 Å².